The number of benzene rings is 1. The van der Waals surface area contributed by atoms with E-state index in [-0.39, 0.29) is 11.5 Å². The molecule has 0 unspecified atom stereocenters. The van der Waals surface area contributed by atoms with E-state index in [9.17, 15) is 9.18 Å². The standard InChI is InChI=1S/C15H14FNO5/c1-15(2,16)9-6-12-11(20-3-4-21-12)5-8(9)10-7-13(14(18)19)22-17-10/h5-7H,3-4H2,1-2H3,(H,18,19). The van der Waals surface area contributed by atoms with Crippen molar-refractivity contribution >= 4 is 5.97 Å². The number of rotatable bonds is 3. The molecule has 0 saturated heterocycles. The molecule has 22 heavy (non-hydrogen) atoms. The zero-order valence-corrected chi connectivity index (χ0v) is 12.1. The molecule has 1 aliphatic heterocycles. The molecule has 1 aromatic heterocycles. The third-order valence-electron chi connectivity index (χ3n) is 3.32. The van der Waals surface area contributed by atoms with Crippen LogP contribution in [0.3, 0.4) is 0 Å². The van der Waals surface area contributed by atoms with E-state index in [0.717, 1.165) is 0 Å². The monoisotopic (exact) mass is 307 g/mol. The fourth-order valence-corrected chi connectivity index (χ4v) is 2.30. The molecule has 1 aliphatic rings. The van der Waals surface area contributed by atoms with Crippen LogP contribution in [0.1, 0.15) is 30.0 Å². The third-order valence-corrected chi connectivity index (χ3v) is 3.32. The molecule has 116 valence electrons. The van der Waals surface area contributed by atoms with Crippen LogP contribution in [0.2, 0.25) is 0 Å². The Kier molecular flexibility index (Phi) is 3.27. The first kappa shape index (κ1) is 14.4. The lowest BCUT2D eigenvalue weighted by Crippen LogP contribution is -2.18. The quantitative estimate of drug-likeness (QED) is 0.938. The topological polar surface area (TPSA) is 81.8 Å². The van der Waals surface area contributed by atoms with Crippen LogP contribution in [0.15, 0.2) is 22.7 Å². The van der Waals surface area contributed by atoms with Gasteiger partial charge >= 0.3 is 5.97 Å². The molecule has 0 aliphatic carbocycles. The minimum absolute atomic E-state index is 0.232. The van der Waals surface area contributed by atoms with Gasteiger partial charge in [0.05, 0.1) is 0 Å². The maximum Gasteiger partial charge on any atom is 0.374 e. The van der Waals surface area contributed by atoms with Crippen molar-refractivity contribution in [2.75, 3.05) is 13.2 Å². The molecule has 0 amide bonds. The Morgan fingerprint density at radius 1 is 1.23 bits per heavy atom. The van der Waals surface area contributed by atoms with Crippen molar-refractivity contribution < 1.29 is 28.3 Å². The van der Waals surface area contributed by atoms with E-state index < -0.39 is 11.6 Å². The van der Waals surface area contributed by atoms with Crippen molar-refractivity contribution in [3.8, 4) is 22.8 Å². The summed E-state index contributed by atoms with van der Waals surface area (Å²) in [4.78, 5) is 10.9. The van der Waals surface area contributed by atoms with Crippen molar-refractivity contribution in [2.45, 2.75) is 19.5 Å². The first-order valence-electron chi connectivity index (χ1n) is 6.69. The van der Waals surface area contributed by atoms with E-state index in [2.05, 4.69) is 5.16 Å². The second-order valence-corrected chi connectivity index (χ2v) is 5.40. The largest absolute Gasteiger partial charge is 0.486 e. The summed E-state index contributed by atoms with van der Waals surface area (Å²) in [6, 6.07) is 4.40. The molecular weight excluding hydrogens is 293 g/mol. The molecular formula is C15H14FNO5. The van der Waals surface area contributed by atoms with Crippen molar-refractivity contribution in [2.24, 2.45) is 0 Å². The van der Waals surface area contributed by atoms with Crippen molar-refractivity contribution in [1.82, 2.24) is 5.16 Å². The van der Waals surface area contributed by atoms with Gasteiger partial charge in [0.1, 0.15) is 24.6 Å². The SMILES string of the molecule is CC(C)(F)c1cc2c(cc1-c1cc(C(=O)O)on1)OCCO2. The second-order valence-electron chi connectivity index (χ2n) is 5.40. The molecule has 0 bridgehead atoms. The Hall–Kier alpha value is -2.57. The summed E-state index contributed by atoms with van der Waals surface area (Å²) in [5.41, 5.74) is -0.710. The first-order chi connectivity index (χ1) is 10.4. The molecule has 2 heterocycles. The maximum absolute atomic E-state index is 14.5. The normalized spacial score (nSPS) is 14.0. The smallest absolute Gasteiger partial charge is 0.374 e. The van der Waals surface area contributed by atoms with Gasteiger partial charge in [-0.2, -0.15) is 0 Å². The molecule has 1 N–H and O–H groups in total. The van der Waals surface area contributed by atoms with Gasteiger partial charge in [0.2, 0.25) is 5.76 Å². The Balaban J connectivity index is 2.17. The zero-order chi connectivity index (χ0) is 15.9. The molecule has 7 heteroatoms. The van der Waals surface area contributed by atoms with Gasteiger partial charge in [0.25, 0.3) is 0 Å². The van der Waals surface area contributed by atoms with Crippen LogP contribution in [-0.4, -0.2) is 29.4 Å². The predicted molar refractivity (Wildman–Crippen MR) is 74.0 cm³/mol. The Labute approximate surface area is 125 Å². The average Bonchev–Trinajstić information content (AvgIpc) is 2.95. The summed E-state index contributed by atoms with van der Waals surface area (Å²) in [6.45, 7) is 3.59. The van der Waals surface area contributed by atoms with Crippen molar-refractivity contribution in [3.05, 3.63) is 29.5 Å². The van der Waals surface area contributed by atoms with Gasteiger partial charge in [-0.15, -0.1) is 0 Å². The summed E-state index contributed by atoms with van der Waals surface area (Å²) < 4.78 is 30.2. The highest BCUT2D eigenvalue weighted by molar-refractivity contribution is 5.86. The van der Waals surface area contributed by atoms with Crippen LogP contribution >= 0.6 is 0 Å². The van der Waals surface area contributed by atoms with E-state index >= 15 is 0 Å². The lowest BCUT2D eigenvalue weighted by atomic mass is 9.92. The number of carbonyl (C=O) groups is 1. The van der Waals surface area contributed by atoms with Gasteiger partial charge in [0, 0.05) is 17.2 Å². The molecule has 2 aromatic rings. The first-order valence-corrected chi connectivity index (χ1v) is 6.69. The molecule has 0 atom stereocenters. The predicted octanol–water partition coefficient (Wildman–Crippen LogP) is 3.02. The van der Waals surface area contributed by atoms with Crippen molar-refractivity contribution in [3.63, 3.8) is 0 Å². The van der Waals surface area contributed by atoms with Crippen molar-refractivity contribution in [1.29, 1.82) is 0 Å². The molecule has 6 nitrogen and oxygen atoms in total. The number of aromatic carboxylic acids is 1. The summed E-state index contributed by atoms with van der Waals surface area (Å²) >= 11 is 0. The highest BCUT2D eigenvalue weighted by Crippen LogP contribution is 2.42. The molecule has 0 radical (unpaired) electrons. The number of nitrogens with zero attached hydrogens (tertiary/aromatic N) is 1. The van der Waals surface area contributed by atoms with Gasteiger partial charge in [-0.3, -0.25) is 0 Å². The van der Waals surface area contributed by atoms with Crippen LogP contribution in [0, 0.1) is 0 Å². The Morgan fingerprint density at radius 3 is 2.41 bits per heavy atom. The van der Waals surface area contributed by atoms with Crippen LogP contribution in [0.4, 0.5) is 4.39 Å². The number of carboxylic acid groups (broad SMARTS) is 1. The number of aromatic nitrogens is 1. The number of hydrogen-bond donors (Lipinski definition) is 1. The number of ether oxygens (including phenoxy) is 2. The number of fused-ring (bicyclic) bond motifs is 1. The van der Waals surface area contributed by atoms with E-state index in [1.807, 2.05) is 0 Å². The summed E-state index contributed by atoms with van der Waals surface area (Å²) in [5, 5.41) is 12.6. The van der Waals surface area contributed by atoms with Gasteiger partial charge < -0.3 is 19.1 Å². The summed E-state index contributed by atoms with van der Waals surface area (Å²) in [7, 11) is 0. The Bertz CT molecular complexity index is 732. The van der Waals surface area contributed by atoms with Gasteiger partial charge in [-0.05, 0) is 26.0 Å². The summed E-state index contributed by atoms with van der Waals surface area (Å²) in [6.07, 6.45) is 0. The summed E-state index contributed by atoms with van der Waals surface area (Å²) in [5.74, 6) is -0.628. The molecule has 0 spiro atoms. The van der Waals surface area contributed by atoms with E-state index in [4.69, 9.17) is 19.1 Å². The minimum atomic E-state index is -1.67. The van der Waals surface area contributed by atoms with Crippen LogP contribution < -0.4 is 9.47 Å². The zero-order valence-electron chi connectivity index (χ0n) is 12.1. The third kappa shape index (κ3) is 2.49. The van der Waals surface area contributed by atoms with Crippen LogP contribution in [0.25, 0.3) is 11.3 Å². The molecule has 1 aromatic carbocycles. The van der Waals surface area contributed by atoms with E-state index in [1.54, 1.807) is 12.1 Å². The number of alkyl halides is 1. The highest BCUT2D eigenvalue weighted by atomic mass is 19.1. The Morgan fingerprint density at radius 2 is 1.86 bits per heavy atom. The molecule has 3 rings (SSSR count). The average molecular weight is 307 g/mol. The van der Waals surface area contributed by atoms with E-state index in [0.29, 0.717) is 35.8 Å². The lowest BCUT2D eigenvalue weighted by molar-refractivity contribution is 0.0652. The minimum Gasteiger partial charge on any atom is -0.486 e. The number of halogens is 1. The van der Waals surface area contributed by atoms with E-state index in [1.165, 1.54) is 19.9 Å². The number of carboxylic acids is 1. The van der Waals surface area contributed by atoms with Crippen LogP contribution in [0.5, 0.6) is 11.5 Å². The van der Waals surface area contributed by atoms with Gasteiger partial charge in [0.15, 0.2) is 11.5 Å². The molecule has 0 saturated carbocycles. The second kappa shape index (κ2) is 5.01. The number of hydrogen-bond acceptors (Lipinski definition) is 5. The molecule has 0 fully saturated rings. The maximum atomic E-state index is 14.5. The highest BCUT2D eigenvalue weighted by Gasteiger charge is 2.28. The van der Waals surface area contributed by atoms with Crippen LogP contribution in [-0.2, 0) is 5.67 Å². The fourth-order valence-electron chi connectivity index (χ4n) is 2.30. The van der Waals surface area contributed by atoms with Gasteiger partial charge in [-0.1, -0.05) is 5.16 Å². The lowest BCUT2D eigenvalue weighted by Gasteiger charge is -2.24. The van der Waals surface area contributed by atoms with Gasteiger partial charge in [-0.25, -0.2) is 9.18 Å². The fraction of sp³-hybridized carbons (Fsp3) is 0.333.